The molecule has 0 bridgehead atoms. The minimum atomic E-state index is -0.0159. The van der Waals surface area contributed by atoms with E-state index in [1.54, 1.807) is 0 Å². The van der Waals surface area contributed by atoms with E-state index in [9.17, 15) is 4.79 Å². The van der Waals surface area contributed by atoms with Crippen LogP contribution in [0.15, 0.2) is 24.3 Å². The highest BCUT2D eigenvalue weighted by atomic mass is 127. The third-order valence-electron chi connectivity index (χ3n) is 3.00. The molecule has 1 saturated carbocycles. The lowest BCUT2D eigenvalue weighted by Crippen LogP contribution is -2.34. The number of nitrogens with two attached hydrogens (primary N) is 1. The maximum Gasteiger partial charge on any atom is 0.229 e. The predicted octanol–water partition coefficient (Wildman–Crippen LogP) is 2.78. The lowest BCUT2D eigenvalue weighted by Gasteiger charge is -2.15. The molecule has 0 aliphatic heterocycles. The summed E-state index contributed by atoms with van der Waals surface area (Å²) in [5.41, 5.74) is 6.76. The second-order valence-corrected chi connectivity index (χ2v) is 5.45. The van der Waals surface area contributed by atoms with Crippen molar-refractivity contribution in [3.05, 3.63) is 27.8 Å². The van der Waals surface area contributed by atoms with E-state index in [1.165, 1.54) is 0 Å². The third-order valence-corrected chi connectivity index (χ3v) is 3.67. The fraction of sp³-hybridized carbons (Fsp3) is 0.417. The molecule has 0 radical (unpaired) electrons. The molecule has 1 aliphatic carbocycles. The zero-order chi connectivity index (χ0) is 11.5. The average molecular weight is 367 g/mol. The van der Waals surface area contributed by atoms with Crippen LogP contribution in [0.5, 0.6) is 0 Å². The fourth-order valence-corrected chi connectivity index (χ4v) is 2.66. The molecule has 0 spiro atoms. The van der Waals surface area contributed by atoms with Crippen molar-refractivity contribution in [1.82, 2.24) is 0 Å². The summed E-state index contributed by atoms with van der Waals surface area (Å²) in [6, 6.07) is 7.82. The lowest BCUT2D eigenvalue weighted by atomic mass is 10.0. The molecule has 1 aromatic rings. The van der Waals surface area contributed by atoms with Gasteiger partial charge < -0.3 is 11.1 Å². The summed E-state index contributed by atoms with van der Waals surface area (Å²) in [5.74, 6) is 0.0462. The summed E-state index contributed by atoms with van der Waals surface area (Å²) < 4.78 is 1.12. The second kappa shape index (κ2) is 6.56. The van der Waals surface area contributed by atoms with Crippen molar-refractivity contribution in [2.75, 3.05) is 5.32 Å². The van der Waals surface area contributed by atoms with E-state index in [2.05, 4.69) is 27.9 Å². The molecule has 0 heterocycles. The van der Waals surface area contributed by atoms with Gasteiger partial charge in [0.05, 0.1) is 5.92 Å². The molecule has 17 heavy (non-hydrogen) atoms. The highest BCUT2D eigenvalue weighted by molar-refractivity contribution is 14.1. The van der Waals surface area contributed by atoms with E-state index >= 15 is 0 Å². The molecule has 94 valence electrons. The van der Waals surface area contributed by atoms with Gasteiger partial charge in [0, 0.05) is 15.3 Å². The Kier molecular flexibility index (Phi) is 5.69. The molecule has 3 nitrogen and oxygen atoms in total. The Balaban J connectivity index is 0.00000144. The summed E-state index contributed by atoms with van der Waals surface area (Å²) in [7, 11) is 0. The van der Waals surface area contributed by atoms with Crippen LogP contribution in [0.1, 0.15) is 19.3 Å². The van der Waals surface area contributed by atoms with Crippen molar-refractivity contribution in [3.8, 4) is 0 Å². The molecule has 1 amide bonds. The highest BCUT2D eigenvalue weighted by Crippen LogP contribution is 2.25. The zero-order valence-corrected chi connectivity index (χ0v) is 12.3. The zero-order valence-electron chi connectivity index (χ0n) is 9.36. The van der Waals surface area contributed by atoms with Gasteiger partial charge in [-0.3, -0.25) is 4.79 Å². The molecular formula is C12H16ClIN2O. The molecule has 5 heteroatoms. The third kappa shape index (κ3) is 3.82. The van der Waals surface area contributed by atoms with Crippen LogP contribution in [0.25, 0.3) is 0 Å². The topological polar surface area (TPSA) is 55.1 Å². The van der Waals surface area contributed by atoms with Gasteiger partial charge in [0.1, 0.15) is 0 Å². The SMILES string of the molecule is Cl.NC1CCCC1C(=O)Nc1cccc(I)c1. The quantitative estimate of drug-likeness (QED) is 0.791. The van der Waals surface area contributed by atoms with Crippen LogP contribution in [0.3, 0.4) is 0 Å². The lowest BCUT2D eigenvalue weighted by molar-refractivity contribution is -0.120. The van der Waals surface area contributed by atoms with E-state index in [0.717, 1.165) is 28.5 Å². The molecule has 1 fully saturated rings. The summed E-state index contributed by atoms with van der Waals surface area (Å²) in [5, 5.41) is 2.93. The van der Waals surface area contributed by atoms with E-state index in [1.807, 2.05) is 24.3 Å². The number of halogens is 2. The number of rotatable bonds is 2. The smallest absolute Gasteiger partial charge is 0.229 e. The molecule has 2 rings (SSSR count). The first kappa shape index (κ1) is 14.7. The van der Waals surface area contributed by atoms with Crippen LogP contribution in [-0.2, 0) is 4.79 Å². The number of carbonyl (C=O) groups is 1. The van der Waals surface area contributed by atoms with Crippen molar-refractivity contribution in [3.63, 3.8) is 0 Å². The number of hydrogen-bond donors (Lipinski definition) is 2. The molecule has 0 saturated heterocycles. The van der Waals surface area contributed by atoms with Crippen LogP contribution in [0.2, 0.25) is 0 Å². The molecule has 1 aliphatic rings. The molecule has 2 unspecified atom stereocenters. The van der Waals surface area contributed by atoms with Gasteiger partial charge in [-0.2, -0.15) is 0 Å². The minimum absolute atomic E-state index is 0. The van der Waals surface area contributed by atoms with E-state index in [-0.39, 0.29) is 30.3 Å². The molecule has 2 atom stereocenters. The van der Waals surface area contributed by atoms with Crippen LogP contribution in [0.4, 0.5) is 5.69 Å². The molecule has 0 aromatic heterocycles. The number of carbonyl (C=O) groups excluding carboxylic acids is 1. The van der Waals surface area contributed by atoms with Gasteiger partial charge in [0.25, 0.3) is 0 Å². The fourth-order valence-electron chi connectivity index (χ4n) is 2.12. The van der Waals surface area contributed by atoms with E-state index in [4.69, 9.17) is 5.73 Å². The minimum Gasteiger partial charge on any atom is -0.327 e. The average Bonchev–Trinajstić information content (AvgIpc) is 2.64. The first-order valence-electron chi connectivity index (χ1n) is 5.49. The van der Waals surface area contributed by atoms with Gasteiger partial charge in [-0.1, -0.05) is 12.5 Å². The van der Waals surface area contributed by atoms with Crippen molar-refractivity contribution >= 4 is 46.6 Å². The summed E-state index contributed by atoms with van der Waals surface area (Å²) in [6.07, 6.45) is 2.94. The Morgan fingerprint density at radius 2 is 2.18 bits per heavy atom. The van der Waals surface area contributed by atoms with Gasteiger partial charge in [-0.05, 0) is 53.6 Å². The number of benzene rings is 1. The Morgan fingerprint density at radius 3 is 2.76 bits per heavy atom. The van der Waals surface area contributed by atoms with Crippen molar-refractivity contribution in [2.45, 2.75) is 25.3 Å². The largest absolute Gasteiger partial charge is 0.327 e. The Bertz CT molecular complexity index is 400. The summed E-state index contributed by atoms with van der Waals surface area (Å²) in [4.78, 5) is 11.9. The van der Waals surface area contributed by atoms with Crippen LogP contribution < -0.4 is 11.1 Å². The Labute approximate surface area is 121 Å². The molecule has 3 N–H and O–H groups in total. The standard InChI is InChI=1S/C12H15IN2O.ClH/c13-8-3-1-4-9(7-8)15-12(16)10-5-2-6-11(10)14;/h1,3-4,7,10-11H,2,5-6,14H2,(H,15,16);1H. The Morgan fingerprint density at radius 1 is 1.41 bits per heavy atom. The summed E-state index contributed by atoms with van der Waals surface area (Å²) in [6.45, 7) is 0. The number of hydrogen-bond acceptors (Lipinski definition) is 2. The first-order valence-corrected chi connectivity index (χ1v) is 6.57. The number of nitrogens with one attached hydrogen (secondary N) is 1. The van der Waals surface area contributed by atoms with Gasteiger partial charge >= 0.3 is 0 Å². The van der Waals surface area contributed by atoms with Crippen molar-refractivity contribution < 1.29 is 4.79 Å². The number of anilines is 1. The monoisotopic (exact) mass is 366 g/mol. The van der Waals surface area contributed by atoms with Crippen molar-refractivity contribution in [2.24, 2.45) is 11.7 Å². The van der Waals surface area contributed by atoms with Gasteiger partial charge in [-0.25, -0.2) is 0 Å². The van der Waals surface area contributed by atoms with Gasteiger partial charge in [-0.15, -0.1) is 12.4 Å². The van der Waals surface area contributed by atoms with Crippen LogP contribution in [0, 0.1) is 9.49 Å². The van der Waals surface area contributed by atoms with E-state index < -0.39 is 0 Å². The maximum atomic E-state index is 11.9. The first-order chi connectivity index (χ1) is 7.66. The second-order valence-electron chi connectivity index (χ2n) is 4.20. The predicted molar refractivity (Wildman–Crippen MR) is 80.4 cm³/mol. The molecule has 1 aromatic carbocycles. The van der Waals surface area contributed by atoms with Crippen LogP contribution in [-0.4, -0.2) is 11.9 Å². The van der Waals surface area contributed by atoms with E-state index in [0.29, 0.717) is 0 Å². The van der Waals surface area contributed by atoms with Crippen LogP contribution >= 0.6 is 35.0 Å². The highest BCUT2D eigenvalue weighted by Gasteiger charge is 2.30. The summed E-state index contributed by atoms with van der Waals surface area (Å²) >= 11 is 2.23. The van der Waals surface area contributed by atoms with Gasteiger partial charge in [0.15, 0.2) is 0 Å². The maximum absolute atomic E-state index is 11.9. The Hall–Kier alpha value is -0.330. The van der Waals surface area contributed by atoms with Gasteiger partial charge in [0.2, 0.25) is 5.91 Å². The number of amides is 1. The normalized spacial score (nSPS) is 22.9. The van der Waals surface area contributed by atoms with Crippen molar-refractivity contribution in [1.29, 1.82) is 0 Å². The molecular weight excluding hydrogens is 351 g/mol.